The zero-order valence-electron chi connectivity index (χ0n) is 14.0. The van der Waals surface area contributed by atoms with Crippen molar-refractivity contribution in [3.63, 3.8) is 0 Å². The maximum Gasteiger partial charge on any atom is 0.216 e. The number of aromatic nitrogens is 4. The molecule has 6 nitrogen and oxygen atoms in total. The van der Waals surface area contributed by atoms with E-state index in [9.17, 15) is 4.79 Å². The average molecular weight is 336 g/mol. The van der Waals surface area contributed by atoms with Crippen LogP contribution in [-0.2, 0) is 6.42 Å². The van der Waals surface area contributed by atoms with Crippen LogP contribution >= 0.6 is 0 Å². The lowest BCUT2D eigenvalue weighted by Crippen LogP contribution is -2.20. The number of hydrogen-bond donors (Lipinski definition) is 0. The molecule has 6 heteroatoms. The minimum Gasteiger partial charge on any atom is -0.474 e. The molecule has 128 valence electrons. The Labute approximate surface area is 145 Å². The molecule has 0 spiro atoms. The van der Waals surface area contributed by atoms with Gasteiger partial charge in [-0.1, -0.05) is 12.5 Å². The Kier molecular flexibility index (Phi) is 4.41. The fourth-order valence-corrected chi connectivity index (χ4v) is 3.22. The van der Waals surface area contributed by atoms with Crippen LogP contribution in [0.4, 0.5) is 0 Å². The molecule has 0 N–H and O–H groups in total. The van der Waals surface area contributed by atoms with Crippen LogP contribution in [0.2, 0.25) is 0 Å². The number of pyridine rings is 2. The summed E-state index contributed by atoms with van der Waals surface area (Å²) in [4.78, 5) is 20.8. The van der Waals surface area contributed by atoms with Crippen molar-refractivity contribution in [2.45, 2.75) is 44.6 Å². The predicted octanol–water partition coefficient (Wildman–Crippen LogP) is 3.26. The summed E-state index contributed by atoms with van der Waals surface area (Å²) < 4.78 is 7.83. The number of rotatable bonds is 5. The van der Waals surface area contributed by atoms with Gasteiger partial charge < -0.3 is 4.74 Å². The van der Waals surface area contributed by atoms with Crippen LogP contribution in [0.1, 0.15) is 48.3 Å². The summed E-state index contributed by atoms with van der Waals surface area (Å²) in [6, 6.07) is 9.19. The van der Waals surface area contributed by atoms with Crippen molar-refractivity contribution in [2.75, 3.05) is 0 Å². The van der Waals surface area contributed by atoms with E-state index in [1.807, 2.05) is 18.2 Å². The Hall–Kier alpha value is -2.76. The maximum atomic E-state index is 12.3. The molecule has 0 radical (unpaired) electrons. The van der Waals surface area contributed by atoms with Gasteiger partial charge in [0, 0.05) is 24.0 Å². The van der Waals surface area contributed by atoms with Crippen molar-refractivity contribution in [3.8, 4) is 5.88 Å². The van der Waals surface area contributed by atoms with E-state index in [1.54, 1.807) is 29.0 Å². The van der Waals surface area contributed by atoms with Crippen molar-refractivity contribution < 1.29 is 9.53 Å². The van der Waals surface area contributed by atoms with Gasteiger partial charge in [-0.05, 0) is 43.9 Å². The molecule has 1 saturated carbocycles. The van der Waals surface area contributed by atoms with Gasteiger partial charge in [0.15, 0.2) is 17.3 Å². The van der Waals surface area contributed by atoms with E-state index >= 15 is 0 Å². The molecule has 4 rings (SSSR count). The highest BCUT2D eigenvalue weighted by atomic mass is 16.5. The quantitative estimate of drug-likeness (QED) is 0.669. The van der Waals surface area contributed by atoms with E-state index in [4.69, 9.17) is 4.74 Å². The van der Waals surface area contributed by atoms with Gasteiger partial charge in [0.2, 0.25) is 5.88 Å². The number of carbonyl (C=O) groups is 1. The van der Waals surface area contributed by atoms with Crippen LogP contribution in [-0.4, -0.2) is 31.5 Å². The molecule has 0 atom stereocenters. The van der Waals surface area contributed by atoms with E-state index in [-0.39, 0.29) is 18.3 Å². The first-order chi connectivity index (χ1) is 12.3. The van der Waals surface area contributed by atoms with E-state index in [2.05, 4.69) is 15.1 Å². The van der Waals surface area contributed by atoms with E-state index in [1.165, 1.54) is 19.3 Å². The molecule has 1 fully saturated rings. The standard InChI is InChI=1S/C19H20N4O2/c24-16(14-6-5-11-20-13-14)12-17-21-18-9-4-10-19(23(18)22-17)25-15-7-2-1-3-8-15/h4-6,9-11,13,15H,1-3,7-8,12H2. The lowest BCUT2D eigenvalue weighted by Gasteiger charge is -2.22. The van der Waals surface area contributed by atoms with E-state index in [0.29, 0.717) is 22.9 Å². The Morgan fingerprint density at radius 1 is 1.16 bits per heavy atom. The van der Waals surface area contributed by atoms with Gasteiger partial charge in [-0.15, -0.1) is 5.10 Å². The number of ketones is 1. The molecule has 3 aromatic rings. The summed E-state index contributed by atoms with van der Waals surface area (Å²) in [5.41, 5.74) is 1.27. The van der Waals surface area contributed by atoms with Crippen LogP contribution in [0.3, 0.4) is 0 Å². The highest BCUT2D eigenvalue weighted by Gasteiger charge is 2.18. The second-order valence-corrected chi connectivity index (χ2v) is 6.38. The number of Topliss-reactive ketones (excluding diaryl/α,β-unsaturated/α-hetero) is 1. The smallest absolute Gasteiger partial charge is 0.216 e. The fraction of sp³-hybridized carbons (Fsp3) is 0.368. The number of hydrogen-bond acceptors (Lipinski definition) is 5. The molecule has 0 amide bonds. The number of nitrogens with zero attached hydrogens (tertiary/aromatic N) is 4. The Bertz CT molecular complexity index is 870. The molecule has 0 unspecified atom stereocenters. The normalized spacial score (nSPS) is 15.4. The maximum absolute atomic E-state index is 12.3. The highest BCUT2D eigenvalue weighted by molar-refractivity contribution is 5.96. The molecule has 0 aromatic carbocycles. The molecule has 3 aromatic heterocycles. The second kappa shape index (κ2) is 7.01. The minimum absolute atomic E-state index is 0.0428. The summed E-state index contributed by atoms with van der Waals surface area (Å²) in [6.07, 6.45) is 9.47. The number of carbonyl (C=O) groups excluding carboxylic acids is 1. The van der Waals surface area contributed by atoms with Gasteiger partial charge in [-0.2, -0.15) is 4.52 Å². The van der Waals surface area contributed by atoms with Crippen LogP contribution in [0.15, 0.2) is 42.7 Å². The number of ether oxygens (including phenoxy) is 1. The van der Waals surface area contributed by atoms with Crippen molar-refractivity contribution in [1.82, 2.24) is 19.6 Å². The predicted molar refractivity (Wildman–Crippen MR) is 92.8 cm³/mol. The average Bonchev–Trinajstić information content (AvgIpc) is 3.07. The summed E-state index contributed by atoms with van der Waals surface area (Å²) in [5, 5.41) is 4.48. The minimum atomic E-state index is -0.0428. The monoisotopic (exact) mass is 336 g/mol. The molecule has 0 saturated heterocycles. The molecule has 0 aliphatic heterocycles. The first-order valence-corrected chi connectivity index (χ1v) is 8.74. The molecule has 3 heterocycles. The topological polar surface area (TPSA) is 69.4 Å². The molecule has 0 bridgehead atoms. The molecular weight excluding hydrogens is 316 g/mol. The first-order valence-electron chi connectivity index (χ1n) is 8.74. The van der Waals surface area contributed by atoms with Crippen molar-refractivity contribution in [1.29, 1.82) is 0 Å². The van der Waals surface area contributed by atoms with Crippen molar-refractivity contribution >= 4 is 11.4 Å². The SMILES string of the molecule is O=C(Cc1nc2cccc(OC3CCCCC3)n2n1)c1cccnc1. The summed E-state index contributed by atoms with van der Waals surface area (Å²) >= 11 is 0. The molecular formula is C19H20N4O2. The van der Waals surface area contributed by atoms with Crippen LogP contribution in [0, 0.1) is 0 Å². The third-order valence-electron chi connectivity index (χ3n) is 4.51. The Morgan fingerprint density at radius 2 is 2.04 bits per heavy atom. The second-order valence-electron chi connectivity index (χ2n) is 6.38. The Morgan fingerprint density at radius 3 is 2.84 bits per heavy atom. The third kappa shape index (κ3) is 3.52. The summed E-state index contributed by atoms with van der Waals surface area (Å²) in [7, 11) is 0. The van der Waals surface area contributed by atoms with Gasteiger partial charge in [-0.25, -0.2) is 4.98 Å². The lowest BCUT2D eigenvalue weighted by molar-refractivity contribution is 0.0990. The zero-order chi connectivity index (χ0) is 17.1. The van der Waals surface area contributed by atoms with Crippen LogP contribution < -0.4 is 4.74 Å². The van der Waals surface area contributed by atoms with Crippen molar-refractivity contribution in [3.05, 3.63) is 54.1 Å². The number of fused-ring (bicyclic) bond motifs is 1. The first kappa shape index (κ1) is 15.7. The van der Waals surface area contributed by atoms with Gasteiger partial charge in [0.05, 0.1) is 6.42 Å². The van der Waals surface area contributed by atoms with Gasteiger partial charge in [0.25, 0.3) is 0 Å². The molecule has 25 heavy (non-hydrogen) atoms. The third-order valence-corrected chi connectivity index (χ3v) is 4.51. The largest absolute Gasteiger partial charge is 0.474 e. The van der Waals surface area contributed by atoms with E-state index < -0.39 is 0 Å². The molecule has 1 aliphatic carbocycles. The van der Waals surface area contributed by atoms with Gasteiger partial charge >= 0.3 is 0 Å². The van der Waals surface area contributed by atoms with Gasteiger partial charge in [0.1, 0.15) is 6.10 Å². The summed E-state index contributed by atoms with van der Waals surface area (Å²) in [5.74, 6) is 1.14. The van der Waals surface area contributed by atoms with Crippen LogP contribution in [0.25, 0.3) is 5.65 Å². The van der Waals surface area contributed by atoms with Crippen molar-refractivity contribution in [2.24, 2.45) is 0 Å². The van der Waals surface area contributed by atoms with Crippen LogP contribution in [0.5, 0.6) is 5.88 Å². The van der Waals surface area contributed by atoms with Gasteiger partial charge in [-0.3, -0.25) is 9.78 Å². The zero-order valence-corrected chi connectivity index (χ0v) is 14.0. The Balaban J connectivity index is 1.55. The highest BCUT2D eigenvalue weighted by Crippen LogP contribution is 2.23. The van der Waals surface area contributed by atoms with E-state index in [0.717, 1.165) is 12.8 Å². The fourth-order valence-electron chi connectivity index (χ4n) is 3.22. The molecule has 1 aliphatic rings. The lowest BCUT2D eigenvalue weighted by atomic mass is 9.98. The summed E-state index contributed by atoms with van der Waals surface area (Å²) in [6.45, 7) is 0.